The lowest BCUT2D eigenvalue weighted by Crippen LogP contribution is -2.37. The van der Waals surface area contributed by atoms with Crippen LogP contribution in [-0.2, 0) is 22.5 Å². The fourth-order valence-corrected chi connectivity index (χ4v) is 3.20. The number of fused-ring (bicyclic) bond motifs is 1. The highest BCUT2D eigenvalue weighted by Gasteiger charge is 2.35. The molecule has 0 amide bonds. The molecule has 1 aliphatic carbocycles. The summed E-state index contributed by atoms with van der Waals surface area (Å²) in [5, 5.41) is 7.90. The zero-order valence-corrected chi connectivity index (χ0v) is 11.6. The molecule has 19 heavy (non-hydrogen) atoms. The Hall–Kier alpha value is -1.36. The molecule has 3 atom stereocenters. The van der Waals surface area contributed by atoms with Crippen molar-refractivity contribution in [2.75, 3.05) is 0 Å². The van der Waals surface area contributed by atoms with E-state index in [9.17, 15) is 4.79 Å². The molecule has 0 spiro atoms. The minimum Gasteiger partial charge on any atom is -0.461 e. The molecule has 0 bridgehead atoms. The first kappa shape index (κ1) is 12.7. The predicted molar refractivity (Wildman–Crippen MR) is 70.7 cm³/mol. The molecule has 1 saturated heterocycles. The smallest absolute Gasteiger partial charge is 0.323 e. The number of hydrogen-bond donors (Lipinski definition) is 1. The standard InChI is InChI=1S/C14H21N3O2/c1-3-17-13-6-4-5-11(10(13)8-15-17)16-12-7-9(2)19-14(12)18/h8-9,11-12,16H,3-7H2,1-2H3/t9-,11+,12-/m1/s1. The summed E-state index contributed by atoms with van der Waals surface area (Å²) in [5.41, 5.74) is 2.59. The number of ether oxygens (including phenoxy) is 1. The third kappa shape index (κ3) is 2.27. The summed E-state index contributed by atoms with van der Waals surface area (Å²) in [6.45, 7) is 4.96. The lowest BCUT2D eigenvalue weighted by Gasteiger charge is -2.25. The maximum Gasteiger partial charge on any atom is 0.323 e. The van der Waals surface area contributed by atoms with E-state index < -0.39 is 0 Å². The summed E-state index contributed by atoms with van der Waals surface area (Å²) in [6.07, 6.45) is 6.07. The van der Waals surface area contributed by atoms with Crippen molar-refractivity contribution in [2.24, 2.45) is 0 Å². The molecule has 1 fully saturated rings. The molecule has 1 aromatic rings. The van der Waals surface area contributed by atoms with Gasteiger partial charge in [0.25, 0.3) is 0 Å². The third-order valence-electron chi connectivity index (χ3n) is 4.13. The van der Waals surface area contributed by atoms with Crippen LogP contribution in [0.2, 0.25) is 0 Å². The van der Waals surface area contributed by atoms with Crippen LogP contribution in [0.25, 0.3) is 0 Å². The SMILES string of the molecule is CCn1ncc2c1CCC[C@@H]2N[C@@H]1C[C@@H](C)OC1=O. The fraction of sp³-hybridized carbons (Fsp3) is 0.714. The largest absolute Gasteiger partial charge is 0.461 e. The molecular weight excluding hydrogens is 242 g/mol. The van der Waals surface area contributed by atoms with Gasteiger partial charge in [0.2, 0.25) is 0 Å². The van der Waals surface area contributed by atoms with Crippen molar-refractivity contribution in [2.45, 2.75) is 64.3 Å². The van der Waals surface area contributed by atoms with E-state index in [2.05, 4.69) is 22.0 Å². The van der Waals surface area contributed by atoms with Crippen molar-refractivity contribution >= 4 is 5.97 Å². The molecule has 0 radical (unpaired) electrons. The Kier molecular flexibility index (Phi) is 3.31. The average Bonchev–Trinajstić information content (AvgIpc) is 2.94. The minimum absolute atomic E-state index is 0.0337. The number of aryl methyl sites for hydroxylation is 1. The lowest BCUT2D eigenvalue weighted by molar-refractivity contribution is -0.142. The monoisotopic (exact) mass is 263 g/mol. The van der Waals surface area contributed by atoms with Crippen molar-refractivity contribution in [1.29, 1.82) is 0 Å². The number of nitrogens with one attached hydrogen (secondary N) is 1. The number of esters is 1. The van der Waals surface area contributed by atoms with Gasteiger partial charge in [-0.1, -0.05) is 0 Å². The Morgan fingerprint density at radius 1 is 1.53 bits per heavy atom. The van der Waals surface area contributed by atoms with Crippen LogP contribution in [-0.4, -0.2) is 27.9 Å². The summed E-state index contributed by atoms with van der Waals surface area (Å²) >= 11 is 0. The Balaban J connectivity index is 1.77. The van der Waals surface area contributed by atoms with E-state index in [0.717, 1.165) is 32.2 Å². The van der Waals surface area contributed by atoms with Gasteiger partial charge in [-0.25, -0.2) is 0 Å². The van der Waals surface area contributed by atoms with Crippen LogP contribution in [0, 0.1) is 0 Å². The zero-order valence-electron chi connectivity index (χ0n) is 11.6. The van der Waals surface area contributed by atoms with E-state index in [4.69, 9.17) is 4.74 Å². The molecular formula is C14H21N3O2. The Bertz CT molecular complexity index is 483. The molecule has 1 N–H and O–H groups in total. The number of rotatable bonds is 3. The molecule has 3 rings (SSSR count). The van der Waals surface area contributed by atoms with Crippen molar-refractivity contribution in [1.82, 2.24) is 15.1 Å². The van der Waals surface area contributed by atoms with Gasteiger partial charge in [-0.15, -0.1) is 0 Å². The third-order valence-corrected chi connectivity index (χ3v) is 4.13. The van der Waals surface area contributed by atoms with Crippen LogP contribution in [0.15, 0.2) is 6.20 Å². The quantitative estimate of drug-likeness (QED) is 0.841. The fourth-order valence-electron chi connectivity index (χ4n) is 3.20. The first-order valence-electron chi connectivity index (χ1n) is 7.20. The van der Waals surface area contributed by atoms with Crippen LogP contribution in [0.5, 0.6) is 0 Å². The zero-order chi connectivity index (χ0) is 13.4. The molecule has 2 aliphatic rings. The predicted octanol–water partition coefficient (Wildman–Crippen LogP) is 1.57. The van der Waals surface area contributed by atoms with Gasteiger partial charge in [0.05, 0.1) is 6.20 Å². The van der Waals surface area contributed by atoms with Gasteiger partial charge in [-0.3, -0.25) is 14.8 Å². The number of carbonyl (C=O) groups excluding carboxylic acids is 1. The first-order valence-corrected chi connectivity index (χ1v) is 7.20. The molecule has 104 valence electrons. The van der Waals surface area contributed by atoms with Gasteiger partial charge in [0.15, 0.2) is 0 Å². The Morgan fingerprint density at radius 3 is 3.05 bits per heavy atom. The number of cyclic esters (lactones) is 1. The minimum atomic E-state index is -0.157. The van der Waals surface area contributed by atoms with Gasteiger partial charge >= 0.3 is 5.97 Å². The number of nitrogens with zero attached hydrogens (tertiary/aromatic N) is 2. The maximum absolute atomic E-state index is 11.7. The first-order chi connectivity index (χ1) is 9.19. The van der Waals surface area contributed by atoms with E-state index in [1.165, 1.54) is 11.3 Å². The summed E-state index contributed by atoms with van der Waals surface area (Å²) in [4.78, 5) is 11.7. The van der Waals surface area contributed by atoms with E-state index in [1.54, 1.807) is 0 Å². The lowest BCUT2D eigenvalue weighted by atomic mass is 9.92. The van der Waals surface area contributed by atoms with Crippen LogP contribution in [0.4, 0.5) is 0 Å². The summed E-state index contributed by atoms with van der Waals surface area (Å²) < 4.78 is 7.28. The van der Waals surface area contributed by atoms with Crippen molar-refractivity contribution < 1.29 is 9.53 Å². The summed E-state index contributed by atoms with van der Waals surface area (Å²) in [5.74, 6) is -0.109. The van der Waals surface area contributed by atoms with Gasteiger partial charge in [0.1, 0.15) is 12.1 Å². The second-order valence-electron chi connectivity index (χ2n) is 5.51. The molecule has 1 aliphatic heterocycles. The van der Waals surface area contributed by atoms with E-state index in [-0.39, 0.29) is 24.2 Å². The normalized spacial score (nSPS) is 30.2. The average molecular weight is 263 g/mol. The Labute approximate surface area is 113 Å². The van der Waals surface area contributed by atoms with Gasteiger partial charge in [0, 0.05) is 30.3 Å². The van der Waals surface area contributed by atoms with Crippen molar-refractivity contribution in [3.63, 3.8) is 0 Å². The number of hydrogen-bond acceptors (Lipinski definition) is 4. The van der Waals surface area contributed by atoms with Gasteiger partial charge in [-0.05, 0) is 33.1 Å². The van der Waals surface area contributed by atoms with Crippen molar-refractivity contribution in [3.05, 3.63) is 17.5 Å². The van der Waals surface area contributed by atoms with Crippen LogP contribution in [0.1, 0.15) is 50.4 Å². The topological polar surface area (TPSA) is 56.1 Å². The van der Waals surface area contributed by atoms with E-state index in [1.807, 2.05) is 13.1 Å². The van der Waals surface area contributed by atoms with Gasteiger partial charge < -0.3 is 4.74 Å². The molecule has 0 aromatic carbocycles. The van der Waals surface area contributed by atoms with E-state index >= 15 is 0 Å². The van der Waals surface area contributed by atoms with Crippen molar-refractivity contribution in [3.8, 4) is 0 Å². The van der Waals surface area contributed by atoms with Crippen LogP contribution in [0.3, 0.4) is 0 Å². The number of aromatic nitrogens is 2. The summed E-state index contributed by atoms with van der Waals surface area (Å²) in [6, 6.07) is 0.0860. The summed E-state index contributed by atoms with van der Waals surface area (Å²) in [7, 11) is 0. The van der Waals surface area contributed by atoms with Gasteiger partial charge in [-0.2, -0.15) is 5.10 Å². The maximum atomic E-state index is 11.7. The molecule has 5 nitrogen and oxygen atoms in total. The molecule has 0 unspecified atom stereocenters. The van der Waals surface area contributed by atoms with Crippen LogP contribution >= 0.6 is 0 Å². The Morgan fingerprint density at radius 2 is 2.37 bits per heavy atom. The highest BCUT2D eigenvalue weighted by atomic mass is 16.6. The molecule has 5 heteroatoms. The van der Waals surface area contributed by atoms with Crippen LogP contribution < -0.4 is 5.32 Å². The molecule has 0 saturated carbocycles. The molecule has 1 aromatic heterocycles. The second kappa shape index (κ2) is 4.96. The highest BCUT2D eigenvalue weighted by molar-refractivity contribution is 5.78. The highest BCUT2D eigenvalue weighted by Crippen LogP contribution is 2.31. The van der Waals surface area contributed by atoms with E-state index in [0.29, 0.717) is 0 Å². The number of carbonyl (C=O) groups is 1. The molecule has 2 heterocycles. The second-order valence-corrected chi connectivity index (χ2v) is 5.51.